The Morgan fingerprint density at radius 1 is 1.26 bits per heavy atom. The van der Waals surface area contributed by atoms with E-state index < -0.39 is 21.7 Å². The predicted molar refractivity (Wildman–Crippen MR) is 125 cm³/mol. The Hall–Kier alpha value is -2.56. The first kappa shape index (κ1) is 25.5. The average Bonchev–Trinajstić information content (AvgIpc) is 3.14. The lowest BCUT2D eigenvalue weighted by atomic mass is 9.84. The highest BCUT2D eigenvalue weighted by atomic mass is 32.2. The maximum atomic E-state index is 13.2. The highest BCUT2D eigenvalue weighted by molar-refractivity contribution is 7.91. The molecule has 2 aliphatic rings. The zero-order valence-corrected chi connectivity index (χ0v) is 20.8. The van der Waals surface area contributed by atoms with Crippen molar-refractivity contribution in [2.75, 3.05) is 11.5 Å². The number of aromatic nitrogens is 2. The number of carbonyl (C=O) groups excluding carboxylic acids is 1. The first-order chi connectivity index (χ1) is 16.3. The maximum Gasteiger partial charge on any atom is 0.573 e. The third-order valence-corrected chi connectivity index (χ3v) is 8.51. The fourth-order valence-corrected chi connectivity index (χ4v) is 6.60. The van der Waals surface area contributed by atoms with E-state index in [1.54, 1.807) is 6.07 Å². The van der Waals surface area contributed by atoms with Gasteiger partial charge < -0.3 is 10.1 Å². The Morgan fingerprint density at radius 2 is 1.94 bits per heavy atom. The second-order valence-corrected chi connectivity index (χ2v) is 12.3. The molecule has 1 saturated heterocycles. The van der Waals surface area contributed by atoms with E-state index in [0.717, 1.165) is 11.3 Å². The molecule has 0 bridgehead atoms. The Bertz CT molecular complexity index is 1210. The number of hydrogen-bond donors (Lipinski definition) is 1. The smallest absolute Gasteiger partial charge is 0.406 e. The standard InChI is InChI=1S/C24H30F3N3O4S/c1-15(2)30-20-14-17(22(31)28-23(3)9-11-35(32,33)12-10-23)7-8-19(20)21(29-30)16-5-4-6-18(13-16)34-24(25,26)27/h4-6,13,15,17H,7-12,14H2,1-3H3,(H,28,31)/t17-/m1/s1. The molecule has 1 atom stereocenters. The highest BCUT2D eigenvalue weighted by Gasteiger charge is 2.38. The second-order valence-electron chi connectivity index (χ2n) is 10.0. The number of halogens is 3. The van der Waals surface area contributed by atoms with E-state index in [-0.39, 0.29) is 35.1 Å². The molecule has 1 aromatic carbocycles. The van der Waals surface area contributed by atoms with Gasteiger partial charge in [0, 0.05) is 40.7 Å². The topological polar surface area (TPSA) is 90.3 Å². The molecule has 1 fully saturated rings. The maximum absolute atomic E-state index is 13.2. The van der Waals surface area contributed by atoms with Gasteiger partial charge in [0.25, 0.3) is 0 Å². The van der Waals surface area contributed by atoms with Crippen molar-refractivity contribution in [3.05, 3.63) is 35.5 Å². The van der Waals surface area contributed by atoms with Crippen LogP contribution in [0.3, 0.4) is 0 Å². The van der Waals surface area contributed by atoms with E-state index in [1.165, 1.54) is 18.2 Å². The molecule has 0 radical (unpaired) electrons. The first-order valence-electron chi connectivity index (χ1n) is 11.7. The fraction of sp³-hybridized carbons (Fsp3) is 0.583. The second kappa shape index (κ2) is 9.15. The zero-order valence-electron chi connectivity index (χ0n) is 20.0. The third kappa shape index (κ3) is 5.82. The van der Waals surface area contributed by atoms with Gasteiger partial charge in [-0.2, -0.15) is 5.10 Å². The summed E-state index contributed by atoms with van der Waals surface area (Å²) in [5.41, 5.74) is 2.41. The van der Waals surface area contributed by atoms with Gasteiger partial charge in [-0.3, -0.25) is 9.48 Å². The Labute approximate surface area is 203 Å². The van der Waals surface area contributed by atoms with Crippen molar-refractivity contribution in [2.24, 2.45) is 5.92 Å². The molecule has 2 heterocycles. The van der Waals surface area contributed by atoms with Crippen molar-refractivity contribution < 1.29 is 31.1 Å². The van der Waals surface area contributed by atoms with E-state index in [4.69, 9.17) is 5.10 Å². The van der Waals surface area contributed by atoms with Crippen LogP contribution in [0.2, 0.25) is 0 Å². The molecular weight excluding hydrogens is 483 g/mol. The summed E-state index contributed by atoms with van der Waals surface area (Å²) in [6.07, 6.45) is -2.41. The van der Waals surface area contributed by atoms with Crippen LogP contribution in [0.15, 0.2) is 24.3 Å². The molecular formula is C24H30F3N3O4S. The summed E-state index contributed by atoms with van der Waals surface area (Å²) in [6, 6.07) is 5.78. The fourth-order valence-electron chi connectivity index (χ4n) is 4.87. The number of carbonyl (C=O) groups is 1. The van der Waals surface area contributed by atoms with Crippen LogP contribution < -0.4 is 10.1 Å². The molecule has 1 aliphatic heterocycles. The molecule has 0 unspecified atom stereocenters. The van der Waals surface area contributed by atoms with Gasteiger partial charge in [-0.1, -0.05) is 12.1 Å². The largest absolute Gasteiger partial charge is 0.573 e. The molecule has 35 heavy (non-hydrogen) atoms. The molecule has 0 spiro atoms. The third-order valence-electron chi connectivity index (χ3n) is 6.86. The zero-order chi connectivity index (χ0) is 25.6. The van der Waals surface area contributed by atoms with Gasteiger partial charge in [0.15, 0.2) is 0 Å². The monoisotopic (exact) mass is 513 g/mol. The Kier molecular flexibility index (Phi) is 6.67. The molecule has 1 N–H and O–H groups in total. The summed E-state index contributed by atoms with van der Waals surface area (Å²) in [4.78, 5) is 13.2. The van der Waals surface area contributed by atoms with E-state index in [0.29, 0.717) is 43.4 Å². The number of fused-ring (bicyclic) bond motifs is 1. The highest BCUT2D eigenvalue weighted by Crippen LogP contribution is 2.37. The van der Waals surface area contributed by atoms with Crippen molar-refractivity contribution in [3.8, 4) is 17.0 Å². The van der Waals surface area contributed by atoms with Gasteiger partial charge in [-0.15, -0.1) is 13.2 Å². The van der Waals surface area contributed by atoms with Crippen LogP contribution in [-0.2, 0) is 27.5 Å². The number of benzene rings is 1. The van der Waals surface area contributed by atoms with E-state index in [2.05, 4.69) is 10.1 Å². The minimum atomic E-state index is -4.78. The van der Waals surface area contributed by atoms with Crippen molar-refractivity contribution in [1.82, 2.24) is 15.1 Å². The van der Waals surface area contributed by atoms with Crippen LogP contribution in [0, 0.1) is 5.92 Å². The van der Waals surface area contributed by atoms with Crippen LogP contribution in [-0.4, -0.2) is 47.5 Å². The summed E-state index contributed by atoms with van der Waals surface area (Å²) < 4.78 is 67.6. The number of rotatable bonds is 5. The van der Waals surface area contributed by atoms with Gasteiger partial charge in [0.1, 0.15) is 15.6 Å². The number of ether oxygens (including phenoxy) is 1. The number of nitrogens with one attached hydrogen (secondary N) is 1. The van der Waals surface area contributed by atoms with Crippen LogP contribution in [0.5, 0.6) is 5.75 Å². The lowest BCUT2D eigenvalue weighted by Crippen LogP contribution is -2.53. The molecule has 2 aromatic rings. The molecule has 1 aliphatic carbocycles. The van der Waals surface area contributed by atoms with Crippen LogP contribution in [0.1, 0.15) is 57.3 Å². The van der Waals surface area contributed by atoms with Gasteiger partial charge in [-0.05, 0) is 58.6 Å². The minimum Gasteiger partial charge on any atom is -0.406 e. The van der Waals surface area contributed by atoms with Gasteiger partial charge in [0.05, 0.1) is 17.2 Å². The number of nitrogens with zero attached hydrogens (tertiary/aromatic N) is 2. The van der Waals surface area contributed by atoms with Gasteiger partial charge in [-0.25, -0.2) is 8.42 Å². The number of sulfone groups is 1. The van der Waals surface area contributed by atoms with Gasteiger partial charge in [0.2, 0.25) is 5.91 Å². The molecule has 0 saturated carbocycles. The molecule has 11 heteroatoms. The summed E-state index contributed by atoms with van der Waals surface area (Å²) in [6.45, 7) is 5.82. The predicted octanol–water partition coefficient (Wildman–Crippen LogP) is 4.22. The summed E-state index contributed by atoms with van der Waals surface area (Å²) in [7, 11) is -3.04. The molecule has 1 aromatic heterocycles. The van der Waals surface area contributed by atoms with Gasteiger partial charge >= 0.3 is 6.36 Å². The summed E-state index contributed by atoms with van der Waals surface area (Å²) in [5, 5.41) is 7.81. The SMILES string of the molecule is CC(C)n1nc(-c2cccc(OC(F)(F)F)c2)c2c1C[C@H](C(=O)NC1(C)CCS(=O)(=O)CC1)CC2. The van der Waals surface area contributed by atoms with Crippen molar-refractivity contribution in [2.45, 2.75) is 70.8 Å². The molecule has 4 rings (SSSR count). The first-order valence-corrected chi connectivity index (χ1v) is 13.6. The van der Waals surface area contributed by atoms with Crippen molar-refractivity contribution in [3.63, 3.8) is 0 Å². The Balaban J connectivity index is 1.57. The summed E-state index contributed by atoms with van der Waals surface area (Å²) in [5.74, 6) is -0.562. The number of alkyl halides is 3. The lowest BCUT2D eigenvalue weighted by molar-refractivity contribution is -0.274. The lowest BCUT2D eigenvalue weighted by Gasteiger charge is -2.36. The number of amides is 1. The molecule has 192 valence electrons. The quantitative estimate of drug-likeness (QED) is 0.647. The molecule has 1 amide bonds. The van der Waals surface area contributed by atoms with Crippen LogP contribution in [0.25, 0.3) is 11.3 Å². The molecule has 7 nitrogen and oxygen atoms in total. The number of hydrogen-bond acceptors (Lipinski definition) is 5. The summed E-state index contributed by atoms with van der Waals surface area (Å²) >= 11 is 0. The van der Waals surface area contributed by atoms with Crippen molar-refractivity contribution >= 4 is 15.7 Å². The minimum absolute atomic E-state index is 0.00464. The van der Waals surface area contributed by atoms with Crippen LogP contribution in [0.4, 0.5) is 13.2 Å². The normalized spacial score (nSPS) is 21.4. The van der Waals surface area contributed by atoms with E-state index in [1.807, 2.05) is 25.5 Å². The van der Waals surface area contributed by atoms with Crippen LogP contribution >= 0.6 is 0 Å². The van der Waals surface area contributed by atoms with E-state index in [9.17, 15) is 26.4 Å². The average molecular weight is 514 g/mol. The Morgan fingerprint density at radius 3 is 2.57 bits per heavy atom. The van der Waals surface area contributed by atoms with Crippen molar-refractivity contribution in [1.29, 1.82) is 0 Å². The van der Waals surface area contributed by atoms with E-state index >= 15 is 0 Å².